The monoisotopic (exact) mass is 296 g/mol. The van der Waals surface area contributed by atoms with Crippen molar-refractivity contribution in [1.29, 1.82) is 0 Å². The number of aryl methyl sites for hydroxylation is 2. The van der Waals surface area contributed by atoms with Crippen molar-refractivity contribution < 1.29 is 19.8 Å². The summed E-state index contributed by atoms with van der Waals surface area (Å²) < 4.78 is 0. The molecule has 0 fully saturated rings. The molecule has 2 aromatic rings. The van der Waals surface area contributed by atoms with Crippen LogP contribution < -0.4 is 0 Å². The van der Waals surface area contributed by atoms with E-state index in [4.69, 9.17) is 5.11 Å². The summed E-state index contributed by atoms with van der Waals surface area (Å²) in [6.07, 6.45) is 2.95. The Morgan fingerprint density at radius 3 is 2.27 bits per heavy atom. The Morgan fingerprint density at radius 1 is 1.05 bits per heavy atom. The van der Waals surface area contributed by atoms with E-state index in [9.17, 15) is 14.7 Å². The number of phenols is 1. The van der Waals surface area contributed by atoms with Gasteiger partial charge in [-0.15, -0.1) is 0 Å². The maximum Gasteiger partial charge on any atom is 0.335 e. The van der Waals surface area contributed by atoms with Crippen molar-refractivity contribution >= 4 is 17.8 Å². The maximum atomic E-state index is 12.2. The highest BCUT2D eigenvalue weighted by Crippen LogP contribution is 2.24. The lowest BCUT2D eigenvalue weighted by Crippen LogP contribution is -1.98. The molecule has 0 aliphatic carbocycles. The van der Waals surface area contributed by atoms with Crippen LogP contribution in [0, 0.1) is 13.8 Å². The average Bonchev–Trinajstić information content (AvgIpc) is 2.48. The van der Waals surface area contributed by atoms with Gasteiger partial charge in [0.05, 0.1) is 11.1 Å². The van der Waals surface area contributed by atoms with Crippen molar-refractivity contribution in [2.45, 2.75) is 13.8 Å². The molecular weight excluding hydrogens is 280 g/mol. The van der Waals surface area contributed by atoms with Gasteiger partial charge in [0.25, 0.3) is 0 Å². The second-order valence-corrected chi connectivity index (χ2v) is 5.10. The molecule has 4 nitrogen and oxygen atoms in total. The number of hydrogen-bond acceptors (Lipinski definition) is 3. The van der Waals surface area contributed by atoms with Crippen LogP contribution in [0.15, 0.2) is 42.5 Å². The summed E-state index contributed by atoms with van der Waals surface area (Å²) in [6.45, 7) is 3.60. The van der Waals surface area contributed by atoms with Gasteiger partial charge in [-0.25, -0.2) is 4.79 Å². The number of carboxylic acid groups (broad SMARTS) is 1. The van der Waals surface area contributed by atoms with Gasteiger partial charge in [0.15, 0.2) is 5.78 Å². The lowest BCUT2D eigenvalue weighted by atomic mass is 10.0. The Labute approximate surface area is 128 Å². The standard InChI is InChI=1S/C18H16O4/c1-11-9-12(2)17(20)15(10-11)16(19)8-5-13-3-6-14(7-4-13)18(21)22/h3-10,20H,1-2H3,(H,21,22)/b8-5+. The molecule has 0 aromatic heterocycles. The highest BCUT2D eigenvalue weighted by molar-refractivity contribution is 6.09. The number of aromatic carboxylic acids is 1. The molecule has 0 bridgehead atoms. The third kappa shape index (κ3) is 3.41. The highest BCUT2D eigenvalue weighted by Gasteiger charge is 2.11. The second kappa shape index (κ2) is 6.26. The zero-order chi connectivity index (χ0) is 16.3. The molecule has 0 atom stereocenters. The van der Waals surface area contributed by atoms with Gasteiger partial charge in [-0.1, -0.05) is 24.3 Å². The molecule has 0 saturated heterocycles. The largest absolute Gasteiger partial charge is 0.507 e. The topological polar surface area (TPSA) is 74.6 Å². The SMILES string of the molecule is Cc1cc(C)c(O)c(C(=O)/C=C/c2ccc(C(=O)O)cc2)c1. The van der Waals surface area contributed by atoms with Crippen LogP contribution in [0.25, 0.3) is 6.08 Å². The molecule has 0 saturated carbocycles. The zero-order valence-corrected chi connectivity index (χ0v) is 12.3. The van der Waals surface area contributed by atoms with Crippen LogP contribution in [0.3, 0.4) is 0 Å². The van der Waals surface area contributed by atoms with Crippen molar-refractivity contribution in [3.8, 4) is 5.75 Å². The van der Waals surface area contributed by atoms with Crippen LogP contribution in [0.5, 0.6) is 5.75 Å². The van der Waals surface area contributed by atoms with E-state index >= 15 is 0 Å². The number of allylic oxidation sites excluding steroid dienone is 1. The fourth-order valence-corrected chi connectivity index (χ4v) is 2.15. The van der Waals surface area contributed by atoms with E-state index in [1.165, 1.54) is 18.2 Å². The molecule has 0 amide bonds. The molecule has 22 heavy (non-hydrogen) atoms. The number of aromatic hydroxyl groups is 1. The number of phenolic OH excluding ortho intramolecular Hbond substituents is 1. The molecular formula is C18H16O4. The van der Waals surface area contributed by atoms with Gasteiger partial charge in [0, 0.05) is 0 Å². The molecule has 2 N–H and O–H groups in total. The highest BCUT2D eigenvalue weighted by atomic mass is 16.4. The third-order valence-electron chi connectivity index (χ3n) is 3.30. The van der Waals surface area contributed by atoms with E-state index in [-0.39, 0.29) is 22.7 Å². The minimum absolute atomic E-state index is 0.0125. The number of carbonyl (C=O) groups excluding carboxylic acids is 1. The molecule has 0 radical (unpaired) electrons. The molecule has 4 heteroatoms. The first-order valence-electron chi connectivity index (χ1n) is 6.74. The normalized spacial score (nSPS) is 10.8. The maximum absolute atomic E-state index is 12.2. The Morgan fingerprint density at radius 2 is 1.68 bits per heavy atom. The smallest absolute Gasteiger partial charge is 0.335 e. The van der Waals surface area contributed by atoms with Gasteiger partial charge in [0.1, 0.15) is 5.75 Å². The van der Waals surface area contributed by atoms with Crippen LogP contribution in [0.2, 0.25) is 0 Å². The minimum atomic E-state index is -0.994. The first kappa shape index (κ1) is 15.5. The quantitative estimate of drug-likeness (QED) is 0.667. The average molecular weight is 296 g/mol. The van der Waals surface area contributed by atoms with E-state index in [1.807, 2.05) is 6.92 Å². The lowest BCUT2D eigenvalue weighted by molar-refractivity contribution is 0.0696. The van der Waals surface area contributed by atoms with Crippen molar-refractivity contribution in [1.82, 2.24) is 0 Å². The number of carbonyl (C=O) groups is 2. The number of carboxylic acids is 1. The first-order valence-corrected chi connectivity index (χ1v) is 6.74. The van der Waals surface area contributed by atoms with E-state index in [0.29, 0.717) is 11.1 Å². The van der Waals surface area contributed by atoms with Gasteiger partial charge in [-0.3, -0.25) is 4.79 Å². The molecule has 0 aliphatic heterocycles. The Hall–Kier alpha value is -2.88. The molecule has 0 aliphatic rings. The molecule has 0 heterocycles. The van der Waals surface area contributed by atoms with Gasteiger partial charge < -0.3 is 10.2 Å². The van der Waals surface area contributed by atoms with Crippen molar-refractivity contribution in [3.05, 3.63) is 70.3 Å². The molecule has 2 rings (SSSR count). The predicted molar refractivity (Wildman–Crippen MR) is 84.3 cm³/mol. The predicted octanol–water partition coefficient (Wildman–Crippen LogP) is 3.60. The number of ketones is 1. The van der Waals surface area contributed by atoms with E-state index in [2.05, 4.69) is 0 Å². The molecule has 112 valence electrons. The third-order valence-corrected chi connectivity index (χ3v) is 3.30. The van der Waals surface area contributed by atoms with Crippen LogP contribution in [0.1, 0.15) is 37.4 Å². The fraction of sp³-hybridized carbons (Fsp3) is 0.111. The summed E-state index contributed by atoms with van der Waals surface area (Å²) in [5, 5.41) is 18.8. The Kier molecular flexibility index (Phi) is 4.41. The first-order chi connectivity index (χ1) is 10.4. The van der Waals surface area contributed by atoms with Crippen LogP contribution in [-0.2, 0) is 0 Å². The van der Waals surface area contributed by atoms with Crippen molar-refractivity contribution in [2.75, 3.05) is 0 Å². The summed E-state index contributed by atoms with van der Waals surface area (Å²) in [6, 6.07) is 9.63. The minimum Gasteiger partial charge on any atom is -0.507 e. The Balaban J connectivity index is 2.23. The molecule has 0 spiro atoms. The Bertz CT molecular complexity index is 755. The van der Waals surface area contributed by atoms with E-state index in [1.54, 1.807) is 37.3 Å². The fourth-order valence-electron chi connectivity index (χ4n) is 2.15. The number of benzene rings is 2. The van der Waals surface area contributed by atoms with Crippen LogP contribution in [-0.4, -0.2) is 22.0 Å². The van der Waals surface area contributed by atoms with Crippen molar-refractivity contribution in [2.24, 2.45) is 0 Å². The van der Waals surface area contributed by atoms with Gasteiger partial charge in [0.2, 0.25) is 0 Å². The van der Waals surface area contributed by atoms with E-state index < -0.39 is 5.97 Å². The molecule has 0 unspecified atom stereocenters. The summed E-state index contributed by atoms with van der Waals surface area (Å²) in [7, 11) is 0. The second-order valence-electron chi connectivity index (χ2n) is 5.10. The number of hydrogen-bond donors (Lipinski definition) is 2. The molecule has 2 aromatic carbocycles. The summed E-state index contributed by atoms with van der Waals surface area (Å²) in [5.41, 5.74) is 2.72. The van der Waals surface area contributed by atoms with Gasteiger partial charge in [-0.2, -0.15) is 0 Å². The van der Waals surface area contributed by atoms with Crippen LogP contribution >= 0.6 is 0 Å². The summed E-state index contributed by atoms with van der Waals surface area (Å²) in [5.74, 6) is -1.31. The van der Waals surface area contributed by atoms with Crippen molar-refractivity contribution in [3.63, 3.8) is 0 Å². The summed E-state index contributed by atoms with van der Waals surface area (Å²) >= 11 is 0. The van der Waals surface area contributed by atoms with Gasteiger partial charge in [-0.05, 0) is 54.8 Å². The van der Waals surface area contributed by atoms with E-state index in [0.717, 1.165) is 5.56 Å². The van der Waals surface area contributed by atoms with Crippen LogP contribution in [0.4, 0.5) is 0 Å². The lowest BCUT2D eigenvalue weighted by Gasteiger charge is -2.06. The summed E-state index contributed by atoms with van der Waals surface area (Å²) in [4.78, 5) is 22.9. The number of rotatable bonds is 4. The van der Waals surface area contributed by atoms with Gasteiger partial charge >= 0.3 is 5.97 Å². The zero-order valence-electron chi connectivity index (χ0n) is 12.3.